The summed E-state index contributed by atoms with van der Waals surface area (Å²) in [7, 11) is 1.70. The maximum absolute atomic E-state index is 13.0. The van der Waals surface area contributed by atoms with Crippen LogP contribution in [0.4, 0.5) is 4.79 Å². The van der Waals surface area contributed by atoms with E-state index in [2.05, 4.69) is 24.1 Å². The Kier molecular flexibility index (Phi) is 18.5. The predicted molar refractivity (Wildman–Crippen MR) is 203 cm³/mol. The Morgan fingerprint density at radius 3 is 2.53 bits per heavy atom. The number of ether oxygens (including phenoxy) is 5. The van der Waals surface area contributed by atoms with Crippen molar-refractivity contribution in [2.45, 2.75) is 155 Å². The molecule has 3 aliphatic heterocycles. The van der Waals surface area contributed by atoms with Crippen molar-refractivity contribution in [1.29, 1.82) is 0 Å². The maximum Gasteiger partial charge on any atom is 0.407 e. The number of carbonyl (C=O) groups is 3. The zero-order valence-electron chi connectivity index (χ0n) is 33.5. The molecule has 53 heavy (non-hydrogen) atoms. The number of cyclic esters (lactones) is 1. The van der Waals surface area contributed by atoms with Crippen LogP contribution in [0.5, 0.6) is 0 Å². The molecule has 12 heteroatoms. The number of epoxide rings is 1. The van der Waals surface area contributed by atoms with E-state index in [1.165, 1.54) is 12.8 Å². The summed E-state index contributed by atoms with van der Waals surface area (Å²) in [5.74, 6) is -1.32. The van der Waals surface area contributed by atoms with Crippen LogP contribution in [0, 0.1) is 17.8 Å². The number of carbonyl (C=O) groups excluding carboxylic acids is 3. The van der Waals surface area contributed by atoms with Gasteiger partial charge in [0.2, 0.25) is 0 Å². The van der Waals surface area contributed by atoms with Crippen molar-refractivity contribution in [1.82, 2.24) is 10.2 Å². The van der Waals surface area contributed by atoms with Crippen LogP contribution in [0.25, 0.3) is 0 Å². The van der Waals surface area contributed by atoms with E-state index in [0.29, 0.717) is 6.54 Å². The number of esters is 2. The molecule has 0 bridgehead atoms. The molecule has 2 fully saturated rings. The van der Waals surface area contributed by atoms with Crippen LogP contribution in [0.1, 0.15) is 106 Å². The van der Waals surface area contributed by atoms with E-state index in [1.54, 1.807) is 33.1 Å². The average molecular weight is 749 g/mol. The standard InChI is InChI=1S/C41H68N2O10/c1-9-32(49-8)30(6)38-39(52-38)37(53-40(47)42-23-14-26-43-24-11-12-25-43)28(4)16-13-15-27(3)36-29(5)17-19-33(50-34(45)10-2)41(7,48)22-21-31(44)18-20-35(46)51-36/h13,15-17,19,28-33,36-39,44,48H,9-12,14,18,20-26H2,1-8H3,(H,42,47)/b16-13+,19-17+,27-15+. The van der Waals surface area contributed by atoms with Gasteiger partial charge in [0.25, 0.3) is 0 Å². The van der Waals surface area contributed by atoms with Gasteiger partial charge in [-0.05, 0) is 90.1 Å². The lowest BCUT2D eigenvalue weighted by atomic mass is 9.89. The quantitative estimate of drug-likeness (QED) is 0.0448. The SMILES string of the molecule is CCC(=O)OC1/C=C/C(C)C(/C(C)=C/C=C/C(C)C(OC(=O)NCCCN2CCCC2)C2OC2C(C)C(CC)OC)OC(=O)CCC(O)CCC1(C)O. The van der Waals surface area contributed by atoms with E-state index in [-0.39, 0.29) is 68.2 Å². The minimum Gasteiger partial charge on any atom is -0.457 e. The van der Waals surface area contributed by atoms with E-state index in [9.17, 15) is 24.6 Å². The monoisotopic (exact) mass is 748 g/mol. The third-order valence-electron chi connectivity index (χ3n) is 10.9. The van der Waals surface area contributed by atoms with Crippen LogP contribution in [0.3, 0.4) is 0 Å². The summed E-state index contributed by atoms with van der Waals surface area (Å²) >= 11 is 0. The highest BCUT2D eigenvalue weighted by Gasteiger charge is 2.52. The molecule has 302 valence electrons. The zero-order valence-corrected chi connectivity index (χ0v) is 33.5. The fourth-order valence-corrected chi connectivity index (χ4v) is 7.33. The summed E-state index contributed by atoms with van der Waals surface area (Å²) in [4.78, 5) is 40.7. The second-order valence-electron chi connectivity index (χ2n) is 15.5. The van der Waals surface area contributed by atoms with E-state index in [0.717, 1.165) is 38.0 Å². The molecule has 0 aromatic heterocycles. The summed E-state index contributed by atoms with van der Waals surface area (Å²) in [5, 5.41) is 24.7. The third-order valence-corrected chi connectivity index (χ3v) is 10.9. The van der Waals surface area contributed by atoms with Gasteiger partial charge in [-0.1, -0.05) is 58.9 Å². The van der Waals surface area contributed by atoms with Crippen molar-refractivity contribution < 1.29 is 48.3 Å². The number of aliphatic hydroxyl groups excluding tert-OH is 1. The van der Waals surface area contributed by atoms with Gasteiger partial charge in [-0.3, -0.25) is 9.59 Å². The maximum atomic E-state index is 13.0. The van der Waals surface area contributed by atoms with Crippen molar-refractivity contribution in [2.75, 3.05) is 33.3 Å². The molecule has 3 aliphatic rings. The molecular formula is C41H68N2O10. The summed E-state index contributed by atoms with van der Waals surface area (Å²) in [5.41, 5.74) is -0.664. The first-order chi connectivity index (χ1) is 25.2. The van der Waals surface area contributed by atoms with Crippen molar-refractivity contribution >= 4 is 18.0 Å². The molecule has 0 aromatic carbocycles. The Hall–Kier alpha value is -2.77. The van der Waals surface area contributed by atoms with E-state index >= 15 is 0 Å². The number of nitrogens with zero attached hydrogens (tertiary/aromatic N) is 1. The minimum atomic E-state index is -1.42. The highest BCUT2D eigenvalue weighted by molar-refractivity contribution is 5.70. The van der Waals surface area contributed by atoms with E-state index in [1.807, 2.05) is 39.0 Å². The first-order valence-corrected chi connectivity index (χ1v) is 19.9. The summed E-state index contributed by atoms with van der Waals surface area (Å²) in [6, 6.07) is 0. The summed E-state index contributed by atoms with van der Waals surface area (Å²) in [6.07, 6.45) is 10.3. The number of methoxy groups -OCH3 is 1. The van der Waals surface area contributed by atoms with Gasteiger partial charge in [0.05, 0.1) is 18.3 Å². The fraction of sp³-hybridized carbons (Fsp3) is 0.780. The van der Waals surface area contributed by atoms with E-state index in [4.69, 9.17) is 23.7 Å². The van der Waals surface area contributed by atoms with Gasteiger partial charge in [-0.2, -0.15) is 0 Å². The molecule has 3 rings (SSSR count). The number of rotatable bonds is 16. The second kappa shape index (κ2) is 21.9. The number of aliphatic hydroxyl groups is 2. The number of hydrogen-bond donors (Lipinski definition) is 3. The van der Waals surface area contributed by atoms with Gasteiger partial charge in [0, 0.05) is 44.2 Å². The molecular weight excluding hydrogens is 680 g/mol. The molecule has 3 N–H and O–H groups in total. The van der Waals surface area contributed by atoms with Crippen LogP contribution in [0.15, 0.2) is 36.0 Å². The Morgan fingerprint density at radius 2 is 1.87 bits per heavy atom. The number of hydrogen-bond acceptors (Lipinski definition) is 11. The topological polar surface area (TPSA) is 156 Å². The highest BCUT2D eigenvalue weighted by atomic mass is 16.6. The molecule has 0 saturated carbocycles. The largest absolute Gasteiger partial charge is 0.457 e. The Labute approximate surface area is 317 Å². The van der Waals surface area contributed by atoms with Crippen molar-refractivity contribution in [3.8, 4) is 0 Å². The van der Waals surface area contributed by atoms with Crippen LogP contribution < -0.4 is 5.32 Å². The normalized spacial score (nSPS) is 32.0. The lowest BCUT2D eigenvalue weighted by Gasteiger charge is -2.31. The minimum absolute atomic E-state index is 0.0208. The van der Waals surface area contributed by atoms with E-state index < -0.39 is 48.0 Å². The molecule has 1 amide bonds. The molecule has 11 atom stereocenters. The number of nitrogens with one attached hydrogen (secondary N) is 1. The fourth-order valence-electron chi connectivity index (χ4n) is 7.33. The number of likely N-dealkylation sites (tertiary alicyclic amines) is 1. The van der Waals surface area contributed by atoms with Gasteiger partial charge < -0.3 is 44.1 Å². The summed E-state index contributed by atoms with van der Waals surface area (Å²) < 4.78 is 29.4. The van der Waals surface area contributed by atoms with Crippen LogP contribution >= 0.6 is 0 Å². The predicted octanol–water partition coefficient (Wildman–Crippen LogP) is 5.65. The van der Waals surface area contributed by atoms with Gasteiger partial charge in [-0.15, -0.1) is 0 Å². The number of allylic oxidation sites excluding steroid dienone is 2. The highest BCUT2D eigenvalue weighted by Crippen LogP contribution is 2.39. The molecule has 0 aromatic rings. The molecule has 0 radical (unpaired) electrons. The third kappa shape index (κ3) is 14.4. The Morgan fingerprint density at radius 1 is 1.15 bits per heavy atom. The van der Waals surface area contributed by atoms with Crippen molar-refractivity contribution in [3.05, 3.63) is 36.0 Å². The number of alkyl carbamates (subject to hydrolysis) is 1. The summed E-state index contributed by atoms with van der Waals surface area (Å²) in [6.45, 7) is 16.9. The Bertz CT molecular complexity index is 1240. The second-order valence-corrected chi connectivity index (χ2v) is 15.5. The van der Waals surface area contributed by atoms with Crippen molar-refractivity contribution in [3.63, 3.8) is 0 Å². The average Bonchev–Trinajstić information content (AvgIpc) is 3.75. The first-order valence-electron chi connectivity index (χ1n) is 19.9. The van der Waals surface area contributed by atoms with Crippen molar-refractivity contribution in [2.24, 2.45) is 17.8 Å². The van der Waals surface area contributed by atoms with Crippen LogP contribution in [-0.4, -0.2) is 115 Å². The number of amides is 1. The molecule has 3 heterocycles. The zero-order chi connectivity index (χ0) is 39.1. The Balaban J connectivity index is 1.77. The lowest BCUT2D eigenvalue weighted by Crippen LogP contribution is -2.42. The lowest BCUT2D eigenvalue weighted by molar-refractivity contribution is -0.159. The molecule has 2 saturated heterocycles. The molecule has 12 nitrogen and oxygen atoms in total. The van der Waals surface area contributed by atoms with Crippen LogP contribution in [0.2, 0.25) is 0 Å². The first kappa shape index (κ1) is 44.6. The molecule has 11 unspecified atom stereocenters. The molecule has 0 aliphatic carbocycles. The van der Waals surface area contributed by atoms with Gasteiger partial charge >= 0.3 is 18.0 Å². The van der Waals surface area contributed by atoms with Gasteiger partial charge in [-0.25, -0.2) is 4.79 Å². The smallest absolute Gasteiger partial charge is 0.407 e. The van der Waals surface area contributed by atoms with Gasteiger partial charge in [0.15, 0.2) is 0 Å². The van der Waals surface area contributed by atoms with Crippen LogP contribution in [-0.2, 0) is 33.3 Å². The van der Waals surface area contributed by atoms with Gasteiger partial charge in [0.1, 0.15) is 30.0 Å². The molecule has 0 spiro atoms.